The van der Waals surface area contributed by atoms with E-state index < -0.39 is 40.6 Å². The zero-order valence-corrected chi connectivity index (χ0v) is 17.7. The van der Waals surface area contributed by atoms with Crippen LogP contribution in [0.1, 0.15) is 70.7 Å². The van der Waals surface area contributed by atoms with Crippen LogP contribution in [0.25, 0.3) is 0 Å². The molecule has 1 aromatic rings. The molecule has 1 atom stereocenters. The van der Waals surface area contributed by atoms with Gasteiger partial charge in [0, 0.05) is 5.41 Å². The third-order valence-electron chi connectivity index (χ3n) is 6.96. The Balaban J connectivity index is 2.76. The van der Waals surface area contributed by atoms with E-state index in [1.54, 1.807) is 13.8 Å². The molecule has 0 fully saturated rings. The highest BCUT2D eigenvalue weighted by Crippen LogP contribution is 2.46. The average molecular weight is 388 g/mol. The number of carbonyl (C=O) groups excluding carboxylic acids is 3. The van der Waals surface area contributed by atoms with Gasteiger partial charge in [0.25, 0.3) is 11.8 Å². The molecule has 1 aliphatic heterocycles. The Labute approximate surface area is 164 Å². The zero-order valence-electron chi connectivity index (χ0n) is 17.7. The molecule has 1 aromatic carbocycles. The minimum atomic E-state index is -1.55. The Kier molecular flexibility index (Phi) is 4.96. The summed E-state index contributed by atoms with van der Waals surface area (Å²) < 4.78 is 0. The number of carbonyl (C=O) groups is 4. The Morgan fingerprint density at radius 2 is 1.21 bits per heavy atom. The first-order valence-corrected chi connectivity index (χ1v) is 9.11. The standard InChI is InChI=1S/C21H28N2O5/c1-9-10(2)12(4)14-13(11(9)3)16(24)23(17(14)25)15(18(26)27)20(5,6)21(7,8)19(22)28/h15H,1-8H3,(H2,22,28)(H,26,27). The summed E-state index contributed by atoms with van der Waals surface area (Å²) >= 11 is 0. The number of imide groups is 1. The van der Waals surface area contributed by atoms with Crippen molar-refractivity contribution in [1.82, 2.24) is 4.90 Å². The molecule has 7 nitrogen and oxygen atoms in total. The fourth-order valence-electron chi connectivity index (χ4n) is 3.82. The molecule has 1 unspecified atom stereocenters. The van der Waals surface area contributed by atoms with Crippen LogP contribution >= 0.6 is 0 Å². The Bertz CT molecular complexity index is 880. The van der Waals surface area contributed by atoms with Crippen LogP contribution in [0.2, 0.25) is 0 Å². The van der Waals surface area contributed by atoms with Gasteiger partial charge in [0.15, 0.2) is 0 Å². The highest BCUT2D eigenvalue weighted by molar-refractivity contribution is 6.24. The molecular weight excluding hydrogens is 360 g/mol. The lowest BCUT2D eigenvalue weighted by molar-refractivity contribution is -0.152. The molecule has 0 spiro atoms. The van der Waals surface area contributed by atoms with E-state index in [1.807, 2.05) is 13.8 Å². The van der Waals surface area contributed by atoms with Crippen LogP contribution in [0.4, 0.5) is 0 Å². The number of amides is 3. The maximum atomic E-state index is 13.3. The van der Waals surface area contributed by atoms with E-state index in [0.717, 1.165) is 16.0 Å². The Morgan fingerprint density at radius 3 is 1.50 bits per heavy atom. The first-order valence-electron chi connectivity index (χ1n) is 9.11. The monoisotopic (exact) mass is 388 g/mol. The van der Waals surface area contributed by atoms with E-state index in [2.05, 4.69) is 0 Å². The second-order valence-electron chi connectivity index (χ2n) is 8.68. The van der Waals surface area contributed by atoms with Crippen molar-refractivity contribution in [3.8, 4) is 0 Å². The van der Waals surface area contributed by atoms with Crippen LogP contribution in [-0.4, -0.2) is 39.7 Å². The van der Waals surface area contributed by atoms with Crippen LogP contribution in [0, 0.1) is 38.5 Å². The third kappa shape index (κ3) is 2.64. The number of hydrogen-bond donors (Lipinski definition) is 2. The lowest BCUT2D eigenvalue weighted by atomic mass is 9.62. The van der Waals surface area contributed by atoms with Crippen molar-refractivity contribution < 1.29 is 24.3 Å². The van der Waals surface area contributed by atoms with Crippen LogP contribution in [0.15, 0.2) is 0 Å². The van der Waals surface area contributed by atoms with Gasteiger partial charge in [0.05, 0.1) is 16.5 Å². The van der Waals surface area contributed by atoms with Gasteiger partial charge in [0.1, 0.15) is 6.04 Å². The first kappa shape index (κ1) is 21.6. The molecule has 7 heteroatoms. The van der Waals surface area contributed by atoms with Crippen molar-refractivity contribution in [2.45, 2.75) is 61.4 Å². The van der Waals surface area contributed by atoms with Gasteiger partial charge in [-0.15, -0.1) is 0 Å². The van der Waals surface area contributed by atoms with E-state index in [0.29, 0.717) is 11.1 Å². The number of benzene rings is 1. The summed E-state index contributed by atoms with van der Waals surface area (Å²) in [6.07, 6.45) is 0. The molecule has 152 valence electrons. The lowest BCUT2D eigenvalue weighted by Crippen LogP contribution is -2.60. The third-order valence-corrected chi connectivity index (χ3v) is 6.96. The Morgan fingerprint density at radius 1 is 0.857 bits per heavy atom. The molecule has 3 amide bonds. The van der Waals surface area contributed by atoms with Crippen molar-refractivity contribution in [1.29, 1.82) is 0 Å². The van der Waals surface area contributed by atoms with Crippen molar-refractivity contribution in [2.24, 2.45) is 16.6 Å². The van der Waals surface area contributed by atoms with Crippen LogP contribution < -0.4 is 5.73 Å². The molecule has 0 radical (unpaired) electrons. The summed E-state index contributed by atoms with van der Waals surface area (Å²) in [6, 6.07) is -1.55. The van der Waals surface area contributed by atoms with Gasteiger partial charge in [-0.25, -0.2) is 4.79 Å². The van der Waals surface area contributed by atoms with Crippen LogP contribution in [-0.2, 0) is 9.59 Å². The van der Waals surface area contributed by atoms with E-state index in [4.69, 9.17) is 5.73 Å². The largest absolute Gasteiger partial charge is 0.480 e. The second kappa shape index (κ2) is 6.43. The molecule has 2 rings (SSSR count). The van der Waals surface area contributed by atoms with Gasteiger partial charge >= 0.3 is 5.97 Å². The maximum absolute atomic E-state index is 13.3. The van der Waals surface area contributed by atoms with Gasteiger partial charge in [-0.3, -0.25) is 19.3 Å². The minimum Gasteiger partial charge on any atom is -0.480 e. The zero-order chi connectivity index (χ0) is 21.9. The maximum Gasteiger partial charge on any atom is 0.327 e. The summed E-state index contributed by atoms with van der Waals surface area (Å²) in [5.74, 6) is -3.37. The normalized spacial score (nSPS) is 15.6. The number of fused-ring (bicyclic) bond motifs is 1. The lowest BCUT2D eigenvalue weighted by Gasteiger charge is -2.45. The van der Waals surface area contributed by atoms with Crippen LogP contribution in [0.5, 0.6) is 0 Å². The molecule has 0 saturated heterocycles. The summed E-state index contributed by atoms with van der Waals surface area (Å²) in [6.45, 7) is 13.4. The summed E-state index contributed by atoms with van der Waals surface area (Å²) in [5.41, 5.74) is 6.50. The SMILES string of the molecule is Cc1c(C)c(C)c2c(c1C)C(=O)N(C(C(=O)O)C(C)(C)C(C)(C)C(N)=O)C2=O. The molecule has 0 bridgehead atoms. The Hall–Kier alpha value is -2.70. The number of nitrogens with two attached hydrogens (primary N) is 1. The number of rotatable bonds is 5. The van der Waals surface area contributed by atoms with Crippen LogP contribution in [0.3, 0.4) is 0 Å². The molecule has 3 N–H and O–H groups in total. The quantitative estimate of drug-likeness (QED) is 0.752. The molecule has 0 aromatic heterocycles. The summed E-state index contributed by atoms with van der Waals surface area (Å²) in [4.78, 5) is 51.6. The number of hydrogen-bond acceptors (Lipinski definition) is 4. The summed E-state index contributed by atoms with van der Waals surface area (Å²) in [7, 11) is 0. The fourth-order valence-corrected chi connectivity index (χ4v) is 3.82. The molecule has 0 aliphatic carbocycles. The molecule has 28 heavy (non-hydrogen) atoms. The van der Waals surface area contributed by atoms with Gasteiger partial charge < -0.3 is 10.8 Å². The van der Waals surface area contributed by atoms with Gasteiger partial charge in [0.2, 0.25) is 5.91 Å². The molecule has 1 aliphatic rings. The van der Waals surface area contributed by atoms with E-state index in [9.17, 15) is 24.3 Å². The van der Waals surface area contributed by atoms with Crippen molar-refractivity contribution in [2.75, 3.05) is 0 Å². The first-order chi connectivity index (χ1) is 12.6. The van der Waals surface area contributed by atoms with Crippen molar-refractivity contribution >= 4 is 23.7 Å². The number of nitrogens with zero attached hydrogens (tertiary/aromatic N) is 1. The minimum absolute atomic E-state index is 0.240. The second-order valence-corrected chi connectivity index (χ2v) is 8.68. The molecule has 1 heterocycles. The number of carboxylic acid groups (broad SMARTS) is 1. The van der Waals surface area contributed by atoms with Gasteiger partial charge in [-0.1, -0.05) is 27.7 Å². The van der Waals surface area contributed by atoms with Crippen molar-refractivity contribution in [3.63, 3.8) is 0 Å². The number of aliphatic carboxylic acids is 1. The van der Waals surface area contributed by atoms with E-state index in [1.165, 1.54) is 27.7 Å². The highest BCUT2D eigenvalue weighted by atomic mass is 16.4. The fraction of sp³-hybridized carbons (Fsp3) is 0.524. The number of primary amides is 1. The molecular formula is C21H28N2O5. The van der Waals surface area contributed by atoms with E-state index in [-0.39, 0.29) is 11.1 Å². The number of carboxylic acids is 1. The van der Waals surface area contributed by atoms with Gasteiger partial charge in [-0.05, 0) is 49.9 Å². The topological polar surface area (TPSA) is 118 Å². The van der Waals surface area contributed by atoms with E-state index >= 15 is 0 Å². The predicted octanol–water partition coefficient (Wildman–Crippen LogP) is 2.51. The summed E-state index contributed by atoms with van der Waals surface area (Å²) in [5, 5.41) is 9.98. The average Bonchev–Trinajstić information content (AvgIpc) is 2.82. The predicted molar refractivity (Wildman–Crippen MR) is 104 cm³/mol. The van der Waals surface area contributed by atoms with Gasteiger partial charge in [-0.2, -0.15) is 0 Å². The smallest absolute Gasteiger partial charge is 0.327 e. The highest BCUT2D eigenvalue weighted by Gasteiger charge is 2.57. The molecule has 0 saturated carbocycles. The van der Waals surface area contributed by atoms with Crippen molar-refractivity contribution in [3.05, 3.63) is 33.4 Å².